The predicted molar refractivity (Wildman–Crippen MR) is 108 cm³/mol. The summed E-state index contributed by atoms with van der Waals surface area (Å²) < 4.78 is 12.1. The van der Waals surface area contributed by atoms with Crippen LogP contribution in [0.25, 0.3) is 0 Å². The van der Waals surface area contributed by atoms with Crippen molar-refractivity contribution < 1.29 is 24.5 Å². The normalized spacial score (nSPS) is 48.0. The van der Waals surface area contributed by atoms with Gasteiger partial charge in [-0.05, 0) is 73.5 Å². The van der Waals surface area contributed by atoms with Crippen LogP contribution in [0.4, 0.5) is 0 Å². The van der Waals surface area contributed by atoms with Crippen LogP contribution in [-0.4, -0.2) is 40.8 Å². The first-order valence-corrected chi connectivity index (χ1v) is 11.6. The van der Waals surface area contributed by atoms with Crippen molar-refractivity contribution in [2.75, 3.05) is 13.2 Å². The summed E-state index contributed by atoms with van der Waals surface area (Å²) in [7, 11) is 0. The molecule has 29 heavy (non-hydrogen) atoms. The molecular weight excluding hydrogens is 368 g/mol. The number of aliphatic carboxylic acids is 1. The summed E-state index contributed by atoms with van der Waals surface area (Å²) in [6.07, 6.45) is 11.0. The first-order valence-electron chi connectivity index (χ1n) is 11.6. The summed E-state index contributed by atoms with van der Waals surface area (Å²) in [5, 5.41) is 20.7. The summed E-state index contributed by atoms with van der Waals surface area (Å²) in [6, 6.07) is 0. The van der Waals surface area contributed by atoms with E-state index in [0.29, 0.717) is 37.4 Å². The minimum absolute atomic E-state index is 0.0662. The molecule has 5 nitrogen and oxygen atoms in total. The minimum Gasteiger partial charge on any atom is -0.481 e. The molecule has 1 saturated heterocycles. The van der Waals surface area contributed by atoms with Crippen LogP contribution in [0.2, 0.25) is 0 Å². The SMILES string of the molecule is C[C@]12CCC3(CC1=CCC1C2CC[C@@]2(C)C1CC[C@@]2(O)CCC(=O)O)OCCO3. The van der Waals surface area contributed by atoms with Gasteiger partial charge in [0.25, 0.3) is 0 Å². The Morgan fingerprint density at radius 2 is 1.83 bits per heavy atom. The zero-order chi connectivity index (χ0) is 20.5. The van der Waals surface area contributed by atoms with Crippen molar-refractivity contribution in [3.8, 4) is 0 Å². The van der Waals surface area contributed by atoms with Crippen molar-refractivity contribution >= 4 is 5.97 Å². The predicted octanol–water partition coefficient (Wildman–Crippen LogP) is 4.29. The molecule has 5 heteroatoms. The fourth-order valence-corrected chi connectivity index (χ4v) is 8.18. The number of allylic oxidation sites excluding steroid dienone is 1. The summed E-state index contributed by atoms with van der Waals surface area (Å²) in [5.74, 6) is 0.571. The molecule has 0 aromatic carbocycles. The highest BCUT2D eigenvalue weighted by atomic mass is 16.7. The zero-order valence-electron chi connectivity index (χ0n) is 17.9. The van der Waals surface area contributed by atoms with E-state index in [4.69, 9.17) is 14.6 Å². The molecule has 0 amide bonds. The summed E-state index contributed by atoms with van der Waals surface area (Å²) >= 11 is 0. The lowest BCUT2D eigenvalue weighted by atomic mass is 9.46. The van der Waals surface area contributed by atoms with Crippen molar-refractivity contribution in [2.45, 2.75) is 89.4 Å². The molecule has 2 N–H and O–H groups in total. The van der Waals surface area contributed by atoms with E-state index < -0.39 is 11.6 Å². The Labute approximate surface area is 173 Å². The maximum atomic E-state index is 11.5. The Kier molecular flexibility index (Phi) is 4.52. The summed E-state index contributed by atoms with van der Waals surface area (Å²) in [4.78, 5) is 11.2. The smallest absolute Gasteiger partial charge is 0.303 e. The molecule has 5 rings (SSSR count). The number of fused-ring (bicyclic) bond motifs is 5. The second-order valence-corrected chi connectivity index (χ2v) is 11.0. The summed E-state index contributed by atoms with van der Waals surface area (Å²) in [5.41, 5.74) is 0.772. The van der Waals surface area contributed by atoms with Crippen LogP contribution in [0.15, 0.2) is 11.6 Å². The van der Waals surface area contributed by atoms with Gasteiger partial charge in [0.15, 0.2) is 5.79 Å². The summed E-state index contributed by atoms with van der Waals surface area (Å²) in [6.45, 7) is 6.14. The lowest BCUT2D eigenvalue weighted by molar-refractivity contribution is -0.188. The number of carbonyl (C=O) groups is 1. The van der Waals surface area contributed by atoms with Crippen molar-refractivity contribution in [1.29, 1.82) is 0 Å². The molecule has 162 valence electrons. The minimum atomic E-state index is -0.825. The van der Waals surface area contributed by atoms with Gasteiger partial charge in [0.05, 0.1) is 18.8 Å². The molecule has 1 aliphatic heterocycles. The van der Waals surface area contributed by atoms with Crippen LogP contribution in [0.5, 0.6) is 0 Å². The Bertz CT molecular complexity index is 725. The van der Waals surface area contributed by atoms with E-state index in [-0.39, 0.29) is 23.0 Å². The molecule has 4 aliphatic carbocycles. The van der Waals surface area contributed by atoms with E-state index in [9.17, 15) is 9.90 Å². The van der Waals surface area contributed by atoms with E-state index in [1.54, 1.807) is 0 Å². The van der Waals surface area contributed by atoms with Crippen molar-refractivity contribution in [3.05, 3.63) is 11.6 Å². The first kappa shape index (κ1) is 20.0. The van der Waals surface area contributed by atoms with Gasteiger partial charge in [0.1, 0.15) is 0 Å². The van der Waals surface area contributed by atoms with E-state index >= 15 is 0 Å². The molecule has 0 aromatic heterocycles. The van der Waals surface area contributed by atoms with Gasteiger partial charge in [0, 0.05) is 19.3 Å². The molecular formula is C24H36O5. The maximum Gasteiger partial charge on any atom is 0.303 e. The lowest BCUT2D eigenvalue weighted by Crippen LogP contribution is -2.55. The quantitative estimate of drug-likeness (QED) is 0.687. The second kappa shape index (κ2) is 6.54. The fraction of sp³-hybridized carbons (Fsp3) is 0.875. The highest BCUT2D eigenvalue weighted by Gasteiger charge is 2.64. The molecule has 0 bridgehead atoms. The molecule has 3 unspecified atom stereocenters. The van der Waals surface area contributed by atoms with Crippen molar-refractivity contribution in [3.63, 3.8) is 0 Å². The Morgan fingerprint density at radius 3 is 2.55 bits per heavy atom. The third-order valence-electron chi connectivity index (χ3n) is 10.00. The number of carboxylic acids is 1. The molecule has 1 spiro atoms. The number of rotatable bonds is 3. The van der Waals surface area contributed by atoms with Crippen LogP contribution >= 0.6 is 0 Å². The van der Waals surface area contributed by atoms with Gasteiger partial charge in [0.2, 0.25) is 0 Å². The van der Waals surface area contributed by atoms with Gasteiger partial charge in [-0.3, -0.25) is 4.79 Å². The number of carboxylic acid groups (broad SMARTS) is 1. The van der Waals surface area contributed by atoms with E-state index in [1.165, 1.54) is 5.57 Å². The van der Waals surface area contributed by atoms with Crippen LogP contribution < -0.4 is 0 Å². The molecule has 5 aliphatic rings. The zero-order valence-corrected chi connectivity index (χ0v) is 17.9. The van der Waals surface area contributed by atoms with E-state index in [0.717, 1.165) is 51.4 Å². The number of hydrogen-bond donors (Lipinski definition) is 2. The van der Waals surface area contributed by atoms with Gasteiger partial charge in [-0.2, -0.15) is 0 Å². The standard InChI is InChI=1S/C24H36O5/c1-21-11-12-24(28-13-14-29-24)15-16(21)3-4-17-18(21)5-8-22(2)19(17)6-9-23(22,27)10-7-20(25)26/h3,17-19,27H,4-15H2,1-2H3,(H,25,26)/t17?,18?,19?,21-,22-,23+/m0/s1. The molecule has 4 fully saturated rings. The maximum absolute atomic E-state index is 11.5. The van der Waals surface area contributed by atoms with Crippen molar-refractivity contribution in [2.24, 2.45) is 28.6 Å². The van der Waals surface area contributed by atoms with Gasteiger partial charge in [-0.25, -0.2) is 0 Å². The second-order valence-electron chi connectivity index (χ2n) is 11.0. The van der Waals surface area contributed by atoms with Gasteiger partial charge in [-0.15, -0.1) is 0 Å². The Morgan fingerprint density at radius 1 is 1.10 bits per heavy atom. The van der Waals surface area contributed by atoms with Gasteiger partial charge >= 0.3 is 5.97 Å². The Balaban J connectivity index is 1.40. The van der Waals surface area contributed by atoms with Crippen LogP contribution in [0, 0.1) is 28.6 Å². The third kappa shape index (κ3) is 2.80. The fourth-order valence-electron chi connectivity index (χ4n) is 8.18. The highest BCUT2D eigenvalue weighted by Crippen LogP contribution is 2.68. The van der Waals surface area contributed by atoms with Gasteiger partial charge < -0.3 is 19.7 Å². The average molecular weight is 405 g/mol. The molecule has 3 saturated carbocycles. The molecule has 0 aromatic rings. The topological polar surface area (TPSA) is 76.0 Å². The van der Waals surface area contributed by atoms with Crippen LogP contribution in [0.1, 0.15) is 78.1 Å². The largest absolute Gasteiger partial charge is 0.481 e. The highest BCUT2D eigenvalue weighted by molar-refractivity contribution is 5.66. The lowest BCUT2D eigenvalue weighted by Gasteiger charge is -2.59. The van der Waals surface area contributed by atoms with Crippen LogP contribution in [-0.2, 0) is 14.3 Å². The monoisotopic (exact) mass is 404 g/mol. The first-order chi connectivity index (χ1) is 13.7. The number of hydrogen-bond acceptors (Lipinski definition) is 4. The van der Waals surface area contributed by atoms with Crippen molar-refractivity contribution in [1.82, 2.24) is 0 Å². The number of ether oxygens (including phenoxy) is 2. The van der Waals surface area contributed by atoms with Crippen LogP contribution in [0.3, 0.4) is 0 Å². The Hall–Kier alpha value is -0.910. The number of aliphatic hydroxyl groups is 1. The van der Waals surface area contributed by atoms with Gasteiger partial charge in [-0.1, -0.05) is 25.5 Å². The molecule has 1 heterocycles. The third-order valence-corrected chi connectivity index (χ3v) is 10.00. The van der Waals surface area contributed by atoms with E-state index in [1.807, 2.05) is 0 Å². The van der Waals surface area contributed by atoms with E-state index in [2.05, 4.69) is 19.9 Å². The molecule has 0 radical (unpaired) electrons. The molecule has 6 atom stereocenters. The average Bonchev–Trinajstić information content (AvgIpc) is 3.24.